The van der Waals surface area contributed by atoms with Gasteiger partial charge in [0.25, 0.3) is 0 Å². The van der Waals surface area contributed by atoms with Crippen molar-refractivity contribution in [2.45, 2.75) is 33.4 Å². The molecule has 0 unspecified atom stereocenters. The molecule has 3 rings (SSSR count). The van der Waals surface area contributed by atoms with Crippen molar-refractivity contribution in [3.05, 3.63) is 83.2 Å². The molecular weight excluding hydrogens is 352 g/mol. The molecule has 0 spiro atoms. The molecule has 0 aliphatic heterocycles. The third-order valence-corrected chi connectivity index (χ3v) is 4.19. The van der Waals surface area contributed by atoms with Crippen LogP contribution in [0.3, 0.4) is 0 Å². The second-order valence-electron chi connectivity index (χ2n) is 6.54. The molecule has 0 radical (unpaired) electrons. The van der Waals surface area contributed by atoms with Crippen molar-refractivity contribution >= 4 is 12.1 Å². The van der Waals surface area contributed by atoms with Crippen LogP contribution in [0, 0.1) is 13.8 Å². The third-order valence-electron chi connectivity index (χ3n) is 4.19. The van der Waals surface area contributed by atoms with E-state index >= 15 is 0 Å². The van der Waals surface area contributed by atoms with E-state index in [4.69, 9.17) is 4.74 Å². The van der Waals surface area contributed by atoms with Gasteiger partial charge in [-0.15, -0.1) is 0 Å². The summed E-state index contributed by atoms with van der Waals surface area (Å²) in [5, 5.41) is 8.35. The van der Waals surface area contributed by atoms with Crippen molar-refractivity contribution in [2.24, 2.45) is 5.10 Å². The zero-order chi connectivity index (χ0) is 19.8. The average Bonchev–Trinajstić information content (AvgIpc) is 3.03. The molecule has 1 aromatic heterocycles. The van der Waals surface area contributed by atoms with Crippen LogP contribution in [0.2, 0.25) is 0 Å². The van der Waals surface area contributed by atoms with Crippen molar-refractivity contribution in [2.75, 3.05) is 0 Å². The van der Waals surface area contributed by atoms with Crippen LogP contribution >= 0.6 is 0 Å². The zero-order valence-electron chi connectivity index (χ0n) is 16.1. The lowest BCUT2D eigenvalue weighted by molar-refractivity contribution is -0.121. The summed E-state index contributed by atoms with van der Waals surface area (Å²) in [7, 11) is 0. The molecule has 144 valence electrons. The van der Waals surface area contributed by atoms with Crippen LogP contribution in [-0.2, 0) is 17.9 Å². The van der Waals surface area contributed by atoms with Gasteiger partial charge in [-0.3, -0.25) is 9.48 Å². The summed E-state index contributed by atoms with van der Waals surface area (Å²) in [6.07, 6.45) is 1.94. The maximum Gasteiger partial charge on any atom is 0.241 e. The molecule has 0 bridgehead atoms. The summed E-state index contributed by atoms with van der Waals surface area (Å²) >= 11 is 0. The Bertz CT molecular complexity index is 931. The standard InChI is InChI=1S/C22H24N4O2/c1-17-14-18(2)26(25-17)13-12-22(27)24-23-15-19-8-10-21(11-9-19)28-16-20-6-4-3-5-7-20/h3-11,14-15H,12-13,16H2,1-2H3,(H,24,27)/b23-15+. The topological polar surface area (TPSA) is 68.5 Å². The van der Waals surface area contributed by atoms with Gasteiger partial charge in [-0.1, -0.05) is 30.3 Å². The molecule has 6 heteroatoms. The van der Waals surface area contributed by atoms with Crippen molar-refractivity contribution in [1.82, 2.24) is 15.2 Å². The normalized spacial score (nSPS) is 10.9. The molecule has 1 heterocycles. The van der Waals surface area contributed by atoms with Gasteiger partial charge in [0, 0.05) is 12.1 Å². The van der Waals surface area contributed by atoms with E-state index in [0.717, 1.165) is 28.3 Å². The first-order valence-electron chi connectivity index (χ1n) is 9.20. The highest BCUT2D eigenvalue weighted by Crippen LogP contribution is 2.13. The van der Waals surface area contributed by atoms with Crippen molar-refractivity contribution in [1.29, 1.82) is 0 Å². The molecule has 2 aromatic carbocycles. The minimum absolute atomic E-state index is 0.147. The number of hydrazone groups is 1. The summed E-state index contributed by atoms with van der Waals surface area (Å²) in [6, 6.07) is 19.6. The van der Waals surface area contributed by atoms with Crippen LogP contribution < -0.4 is 10.2 Å². The Kier molecular flexibility index (Phi) is 6.57. The maximum atomic E-state index is 11.9. The summed E-state index contributed by atoms with van der Waals surface area (Å²) in [5.41, 5.74) is 6.54. The Morgan fingerprint density at radius 3 is 2.57 bits per heavy atom. The molecule has 0 saturated heterocycles. The summed E-state index contributed by atoms with van der Waals surface area (Å²) in [5.74, 6) is 0.640. The first-order chi connectivity index (χ1) is 13.6. The molecule has 0 aliphatic rings. The van der Waals surface area contributed by atoms with E-state index in [1.807, 2.05) is 79.2 Å². The largest absolute Gasteiger partial charge is 0.489 e. The van der Waals surface area contributed by atoms with E-state index in [9.17, 15) is 4.79 Å². The lowest BCUT2D eigenvalue weighted by Crippen LogP contribution is -2.20. The van der Waals surface area contributed by atoms with Crippen LogP contribution in [0.1, 0.15) is 28.9 Å². The number of rotatable bonds is 8. The van der Waals surface area contributed by atoms with Gasteiger partial charge in [-0.25, -0.2) is 5.43 Å². The molecule has 1 N–H and O–H groups in total. The Balaban J connectivity index is 1.42. The fourth-order valence-corrected chi connectivity index (χ4v) is 2.73. The Morgan fingerprint density at radius 1 is 1.14 bits per heavy atom. The number of carbonyl (C=O) groups is 1. The predicted molar refractivity (Wildman–Crippen MR) is 109 cm³/mol. The van der Waals surface area contributed by atoms with Crippen molar-refractivity contribution in [3.63, 3.8) is 0 Å². The molecule has 0 atom stereocenters. The van der Waals surface area contributed by atoms with Crippen LogP contribution in [0.25, 0.3) is 0 Å². The van der Waals surface area contributed by atoms with E-state index in [-0.39, 0.29) is 5.91 Å². The number of hydrogen-bond donors (Lipinski definition) is 1. The lowest BCUT2D eigenvalue weighted by Gasteiger charge is -2.06. The third kappa shape index (κ3) is 5.81. The van der Waals surface area contributed by atoms with Gasteiger partial charge in [-0.05, 0) is 55.3 Å². The zero-order valence-corrected chi connectivity index (χ0v) is 16.1. The molecule has 3 aromatic rings. The minimum atomic E-state index is -0.147. The quantitative estimate of drug-likeness (QED) is 0.482. The highest BCUT2D eigenvalue weighted by Gasteiger charge is 2.04. The van der Waals surface area contributed by atoms with E-state index in [0.29, 0.717) is 19.6 Å². The molecule has 1 amide bonds. The Morgan fingerprint density at radius 2 is 1.89 bits per heavy atom. The smallest absolute Gasteiger partial charge is 0.241 e. The first-order valence-corrected chi connectivity index (χ1v) is 9.20. The highest BCUT2D eigenvalue weighted by molar-refractivity contribution is 5.82. The second-order valence-corrected chi connectivity index (χ2v) is 6.54. The predicted octanol–water partition coefficient (Wildman–Crippen LogP) is 3.62. The molecule has 0 fully saturated rings. The number of carbonyl (C=O) groups excluding carboxylic acids is 1. The van der Waals surface area contributed by atoms with Crippen molar-refractivity contribution in [3.8, 4) is 5.75 Å². The molecule has 28 heavy (non-hydrogen) atoms. The maximum absolute atomic E-state index is 11.9. The summed E-state index contributed by atoms with van der Waals surface area (Å²) < 4.78 is 7.58. The lowest BCUT2D eigenvalue weighted by atomic mass is 10.2. The SMILES string of the molecule is Cc1cc(C)n(CCC(=O)N/N=C/c2ccc(OCc3ccccc3)cc2)n1. The fraction of sp³-hybridized carbons (Fsp3) is 0.227. The number of hydrogen-bond acceptors (Lipinski definition) is 4. The van der Waals surface area contributed by atoms with Crippen molar-refractivity contribution < 1.29 is 9.53 Å². The van der Waals surface area contributed by atoms with Gasteiger partial charge in [0.1, 0.15) is 12.4 Å². The van der Waals surface area contributed by atoms with Gasteiger partial charge in [0.15, 0.2) is 0 Å². The van der Waals surface area contributed by atoms with Gasteiger partial charge in [-0.2, -0.15) is 10.2 Å². The van der Waals surface area contributed by atoms with Gasteiger partial charge < -0.3 is 4.74 Å². The van der Waals surface area contributed by atoms with E-state index in [2.05, 4.69) is 15.6 Å². The number of amides is 1. The Hall–Kier alpha value is -3.41. The van der Waals surface area contributed by atoms with Crippen LogP contribution in [-0.4, -0.2) is 21.9 Å². The van der Waals surface area contributed by atoms with Crippen LogP contribution in [0.4, 0.5) is 0 Å². The number of aryl methyl sites for hydroxylation is 3. The van der Waals surface area contributed by atoms with E-state index in [1.165, 1.54) is 0 Å². The first kappa shape index (κ1) is 19.4. The number of benzene rings is 2. The number of aromatic nitrogens is 2. The average molecular weight is 376 g/mol. The molecule has 6 nitrogen and oxygen atoms in total. The summed E-state index contributed by atoms with van der Waals surface area (Å²) in [4.78, 5) is 11.9. The number of ether oxygens (including phenoxy) is 1. The van der Waals surface area contributed by atoms with Gasteiger partial charge in [0.2, 0.25) is 5.91 Å². The van der Waals surface area contributed by atoms with Gasteiger partial charge >= 0.3 is 0 Å². The van der Waals surface area contributed by atoms with Crippen LogP contribution in [0.5, 0.6) is 5.75 Å². The monoisotopic (exact) mass is 376 g/mol. The minimum Gasteiger partial charge on any atom is -0.489 e. The van der Waals surface area contributed by atoms with Crippen LogP contribution in [0.15, 0.2) is 65.8 Å². The molecule has 0 aliphatic carbocycles. The fourth-order valence-electron chi connectivity index (χ4n) is 2.73. The Labute approximate surface area is 164 Å². The number of nitrogens with zero attached hydrogens (tertiary/aromatic N) is 3. The second kappa shape index (κ2) is 9.50. The van der Waals surface area contributed by atoms with Gasteiger partial charge in [0.05, 0.1) is 18.5 Å². The number of nitrogens with one attached hydrogen (secondary N) is 1. The van der Waals surface area contributed by atoms with E-state index < -0.39 is 0 Å². The van der Waals surface area contributed by atoms with E-state index in [1.54, 1.807) is 6.21 Å². The molecular formula is C22H24N4O2. The summed E-state index contributed by atoms with van der Waals surface area (Å²) in [6.45, 7) is 4.98. The highest BCUT2D eigenvalue weighted by atomic mass is 16.5. The molecule has 0 saturated carbocycles.